The Kier molecular flexibility index (Phi) is 4.28. The van der Waals surface area contributed by atoms with Gasteiger partial charge in [-0.25, -0.2) is 0 Å². The smallest absolute Gasteiger partial charge is 0.238 e. The second-order valence-electron chi connectivity index (χ2n) is 7.85. The normalized spacial score (nSPS) is 40.8. The van der Waals surface area contributed by atoms with Gasteiger partial charge in [0.05, 0.1) is 0 Å². The molecule has 120 valence electrons. The molecule has 0 aromatic heterocycles. The van der Waals surface area contributed by atoms with Crippen LogP contribution in [0.5, 0.6) is 0 Å². The number of primary amides is 1. The van der Waals surface area contributed by atoms with Gasteiger partial charge in [-0.1, -0.05) is 20.3 Å². The third kappa shape index (κ3) is 3.11. The summed E-state index contributed by atoms with van der Waals surface area (Å²) in [5.41, 5.74) is 5.41. The number of nitrogens with two attached hydrogens (primary N) is 1. The van der Waals surface area contributed by atoms with Crippen LogP contribution in [0.4, 0.5) is 0 Å². The van der Waals surface area contributed by atoms with E-state index in [9.17, 15) is 4.79 Å². The van der Waals surface area contributed by atoms with Crippen LogP contribution in [0, 0.1) is 17.8 Å². The van der Waals surface area contributed by atoms with Gasteiger partial charge in [0.15, 0.2) is 0 Å². The molecule has 4 heteroatoms. The molecule has 21 heavy (non-hydrogen) atoms. The maximum Gasteiger partial charge on any atom is 0.238 e. The second kappa shape index (κ2) is 5.88. The topological polar surface area (TPSA) is 58.4 Å². The van der Waals surface area contributed by atoms with E-state index in [0.717, 1.165) is 44.1 Å². The molecular weight excluding hydrogens is 262 g/mol. The van der Waals surface area contributed by atoms with E-state index in [0.29, 0.717) is 12.0 Å². The molecule has 0 aromatic carbocycles. The molecule has 1 amide bonds. The molecule has 3 fully saturated rings. The number of nitrogens with zero attached hydrogens (tertiary/aromatic N) is 1. The van der Waals surface area contributed by atoms with Crippen molar-refractivity contribution in [3.8, 4) is 0 Å². The van der Waals surface area contributed by atoms with Crippen LogP contribution < -0.4 is 11.1 Å². The lowest BCUT2D eigenvalue weighted by atomic mass is 9.83. The van der Waals surface area contributed by atoms with Gasteiger partial charge in [0, 0.05) is 19.1 Å². The summed E-state index contributed by atoms with van der Waals surface area (Å²) in [6, 6.07) is 0.546. The fourth-order valence-corrected chi connectivity index (χ4v) is 4.42. The highest BCUT2D eigenvalue weighted by Gasteiger charge is 2.49. The SMILES string of the molecule is CC1CN(CCC2CCCC2(NC2CC2)C(N)=O)CC1C. The summed E-state index contributed by atoms with van der Waals surface area (Å²) in [4.78, 5) is 14.7. The number of likely N-dealkylation sites (tertiary alicyclic amines) is 1. The molecule has 4 unspecified atom stereocenters. The minimum atomic E-state index is -0.405. The first-order chi connectivity index (χ1) is 10.0. The van der Waals surface area contributed by atoms with Crippen molar-refractivity contribution in [3.63, 3.8) is 0 Å². The Hall–Kier alpha value is -0.610. The van der Waals surface area contributed by atoms with Gasteiger partial charge in [-0.2, -0.15) is 0 Å². The van der Waals surface area contributed by atoms with Crippen molar-refractivity contribution < 1.29 is 4.79 Å². The summed E-state index contributed by atoms with van der Waals surface area (Å²) in [6.45, 7) is 8.26. The highest BCUT2D eigenvalue weighted by atomic mass is 16.1. The highest BCUT2D eigenvalue weighted by Crippen LogP contribution is 2.40. The number of carbonyl (C=O) groups excluding carboxylic acids is 1. The molecule has 3 rings (SSSR count). The molecule has 1 saturated heterocycles. The largest absolute Gasteiger partial charge is 0.368 e. The van der Waals surface area contributed by atoms with Crippen molar-refractivity contribution in [1.82, 2.24) is 10.2 Å². The van der Waals surface area contributed by atoms with Crippen LogP contribution in [-0.2, 0) is 4.79 Å². The van der Waals surface area contributed by atoms with E-state index >= 15 is 0 Å². The molecule has 3 aliphatic rings. The fourth-order valence-electron chi connectivity index (χ4n) is 4.42. The average molecular weight is 293 g/mol. The Bertz CT molecular complexity index is 385. The fraction of sp³-hybridized carbons (Fsp3) is 0.941. The Balaban J connectivity index is 1.59. The number of nitrogens with one attached hydrogen (secondary N) is 1. The predicted octanol–water partition coefficient (Wildman–Crippen LogP) is 1.74. The molecule has 2 aliphatic carbocycles. The van der Waals surface area contributed by atoms with Crippen LogP contribution in [0.15, 0.2) is 0 Å². The van der Waals surface area contributed by atoms with E-state index < -0.39 is 5.54 Å². The first-order valence-electron chi connectivity index (χ1n) is 8.81. The van der Waals surface area contributed by atoms with E-state index in [1.54, 1.807) is 0 Å². The number of hydrogen-bond acceptors (Lipinski definition) is 3. The lowest BCUT2D eigenvalue weighted by molar-refractivity contribution is -0.126. The van der Waals surface area contributed by atoms with Gasteiger partial charge in [-0.05, 0) is 56.4 Å². The molecule has 0 spiro atoms. The van der Waals surface area contributed by atoms with Crippen molar-refractivity contribution in [2.24, 2.45) is 23.5 Å². The van der Waals surface area contributed by atoms with Crippen LogP contribution in [0.25, 0.3) is 0 Å². The van der Waals surface area contributed by atoms with Gasteiger partial charge >= 0.3 is 0 Å². The molecule has 4 nitrogen and oxygen atoms in total. The van der Waals surface area contributed by atoms with Crippen molar-refractivity contribution in [1.29, 1.82) is 0 Å². The summed E-state index contributed by atoms with van der Waals surface area (Å²) in [5, 5.41) is 3.62. The summed E-state index contributed by atoms with van der Waals surface area (Å²) in [7, 11) is 0. The van der Waals surface area contributed by atoms with Crippen molar-refractivity contribution in [3.05, 3.63) is 0 Å². The minimum Gasteiger partial charge on any atom is -0.368 e. The van der Waals surface area contributed by atoms with Crippen LogP contribution >= 0.6 is 0 Å². The average Bonchev–Trinajstić information content (AvgIpc) is 3.05. The lowest BCUT2D eigenvalue weighted by Crippen LogP contribution is -2.59. The first kappa shape index (κ1) is 15.3. The zero-order valence-corrected chi connectivity index (χ0v) is 13.6. The summed E-state index contributed by atoms with van der Waals surface area (Å²) < 4.78 is 0. The maximum atomic E-state index is 12.1. The Labute approximate surface area is 128 Å². The number of hydrogen-bond donors (Lipinski definition) is 2. The van der Waals surface area contributed by atoms with Crippen molar-refractivity contribution in [2.45, 2.75) is 64.0 Å². The zero-order chi connectivity index (χ0) is 15.0. The zero-order valence-electron chi connectivity index (χ0n) is 13.6. The molecule has 0 bridgehead atoms. The van der Waals surface area contributed by atoms with Crippen LogP contribution in [-0.4, -0.2) is 42.0 Å². The Morgan fingerprint density at radius 3 is 2.48 bits per heavy atom. The second-order valence-corrected chi connectivity index (χ2v) is 7.85. The van der Waals surface area contributed by atoms with Crippen molar-refractivity contribution in [2.75, 3.05) is 19.6 Å². The van der Waals surface area contributed by atoms with Gasteiger partial charge in [-0.15, -0.1) is 0 Å². The van der Waals surface area contributed by atoms with Crippen LogP contribution in [0.2, 0.25) is 0 Å². The van der Waals surface area contributed by atoms with Gasteiger partial charge in [0.2, 0.25) is 5.91 Å². The van der Waals surface area contributed by atoms with Crippen LogP contribution in [0.3, 0.4) is 0 Å². The van der Waals surface area contributed by atoms with Gasteiger partial charge < -0.3 is 16.0 Å². The quantitative estimate of drug-likeness (QED) is 0.784. The Morgan fingerprint density at radius 2 is 1.90 bits per heavy atom. The monoisotopic (exact) mass is 293 g/mol. The van der Waals surface area contributed by atoms with E-state index in [4.69, 9.17) is 5.73 Å². The summed E-state index contributed by atoms with van der Waals surface area (Å²) in [6.07, 6.45) is 6.77. The third-order valence-electron chi connectivity index (χ3n) is 6.16. The molecule has 1 heterocycles. The summed E-state index contributed by atoms with van der Waals surface area (Å²) in [5.74, 6) is 1.93. The van der Waals surface area contributed by atoms with E-state index in [1.165, 1.54) is 25.9 Å². The van der Waals surface area contributed by atoms with E-state index in [2.05, 4.69) is 24.1 Å². The van der Waals surface area contributed by atoms with E-state index in [-0.39, 0.29) is 5.91 Å². The number of rotatable bonds is 6. The standard InChI is InChI=1S/C17H31N3O/c1-12-10-20(11-13(12)2)9-7-14-4-3-8-17(14,16(18)21)19-15-5-6-15/h12-15,19H,3-11H2,1-2H3,(H2,18,21). The maximum absolute atomic E-state index is 12.1. The molecule has 3 N–H and O–H groups in total. The summed E-state index contributed by atoms with van der Waals surface area (Å²) >= 11 is 0. The predicted molar refractivity (Wildman–Crippen MR) is 84.8 cm³/mol. The minimum absolute atomic E-state index is 0.111. The highest BCUT2D eigenvalue weighted by molar-refractivity contribution is 5.85. The molecule has 0 radical (unpaired) electrons. The van der Waals surface area contributed by atoms with Gasteiger partial charge in [0.25, 0.3) is 0 Å². The molecule has 0 aromatic rings. The lowest BCUT2D eigenvalue weighted by Gasteiger charge is -2.35. The Morgan fingerprint density at radius 1 is 1.24 bits per heavy atom. The van der Waals surface area contributed by atoms with E-state index in [1.807, 2.05) is 0 Å². The molecule has 2 saturated carbocycles. The molecule has 4 atom stereocenters. The van der Waals surface area contributed by atoms with Crippen LogP contribution in [0.1, 0.15) is 52.4 Å². The number of carbonyl (C=O) groups is 1. The van der Waals surface area contributed by atoms with Gasteiger partial charge in [0.1, 0.15) is 5.54 Å². The van der Waals surface area contributed by atoms with Gasteiger partial charge in [-0.3, -0.25) is 4.79 Å². The van der Waals surface area contributed by atoms with Crippen molar-refractivity contribution >= 4 is 5.91 Å². The third-order valence-corrected chi connectivity index (χ3v) is 6.16. The molecular formula is C17H31N3O. The first-order valence-corrected chi connectivity index (χ1v) is 8.81. The number of amides is 1. The molecule has 1 aliphatic heterocycles.